The summed E-state index contributed by atoms with van der Waals surface area (Å²) < 4.78 is 10.7. The maximum absolute atomic E-state index is 12.9. The predicted octanol–water partition coefficient (Wildman–Crippen LogP) is 4.55. The smallest absolute Gasteiger partial charge is 0.227 e. The van der Waals surface area contributed by atoms with Crippen LogP contribution in [0.2, 0.25) is 0 Å². The fraction of sp³-hybridized carbons (Fsp3) is 0.190. The molecule has 0 N–H and O–H groups in total. The average molecular weight is 393 g/mol. The molecule has 0 unspecified atom stereocenters. The van der Waals surface area contributed by atoms with Crippen LogP contribution in [-0.4, -0.2) is 20.9 Å². The molecule has 0 aliphatic carbocycles. The molecular weight excluding hydrogens is 374 g/mol. The van der Waals surface area contributed by atoms with Gasteiger partial charge < -0.3 is 13.8 Å². The number of carbonyl (C=O) groups excluding carboxylic acids is 1. The highest BCUT2D eigenvalue weighted by molar-refractivity contribution is 7.13. The van der Waals surface area contributed by atoms with Crippen molar-refractivity contribution >= 4 is 17.2 Å². The minimum absolute atomic E-state index is 0.0103. The van der Waals surface area contributed by atoms with Gasteiger partial charge in [-0.25, -0.2) is 0 Å². The largest absolute Gasteiger partial charge is 0.467 e. The number of hydrogen-bond donors (Lipinski definition) is 0. The normalized spacial score (nSPS) is 10.9. The molecule has 3 aromatic heterocycles. The van der Waals surface area contributed by atoms with Crippen molar-refractivity contribution in [1.82, 2.24) is 15.0 Å². The van der Waals surface area contributed by atoms with Gasteiger partial charge in [-0.05, 0) is 29.1 Å². The summed E-state index contributed by atoms with van der Waals surface area (Å²) >= 11 is 1.55. The van der Waals surface area contributed by atoms with Crippen LogP contribution in [0.15, 0.2) is 75.2 Å². The van der Waals surface area contributed by atoms with Crippen molar-refractivity contribution in [3.05, 3.63) is 83.5 Å². The summed E-state index contributed by atoms with van der Waals surface area (Å²) in [5, 5.41) is 5.96. The van der Waals surface area contributed by atoms with Gasteiger partial charge in [0.1, 0.15) is 5.76 Å². The van der Waals surface area contributed by atoms with Gasteiger partial charge in [-0.2, -0.15) is 4.98 Å². The van der Waals surface area contributed by atoms with E-state index in [1.54, 1.807) is 22.5 Å². The standard InChI is InChI=1S/C21H19N3O3S/c25-20(11-10-19-22-21(23-27-19)18-9-5-13-28-18)24(15-17-8-4-12-26-17)14-16-6-2-1-3-7-16/h1-9,12-13H,10-11,14-15H2. The van der Waals surface area contributed by atoms with Crippen LogP contribution in [-0.2, 0) is 24.3 Å². The third-order valence-electron chi connectivity index (χ3n) is 4.26. The molecule has 4 aromatic rings. The second-order valence-corrected chi connectivity index (χ2v) is 7.25. The number of amides is 1. The SMILES string of the molecule is O=C(CCc1nc(-c2cccs2)no1)N(Cc1ccccc1)Cc1ccco1. The zero-order valence-electron chi connectivity index (χ0n) is 15.2. The van der Waals surface area contributed by atoms with E-state index in [0.29, 0.717) is 37.6 Å². The van der Waals surface area contributed by atoms with E-state index >= 15 is 0 Å². The number of aromatic nitrogens is 2. The molecule has 1 amide bonds. The Balaban J connectivity index is 1.41. The predicted molar refractivity (Wildman–Crippen MR) is 105 cm³/mol. The zero-order chi connectivity index (χ0) is 19.2. The molecule has 7 heteroatoms. The molecule has 1 aromatic carbocycles. The quantitative estimate of drug-likeness (QED) is 0.439. The molecule has 0 atom stereocenters. The van der Waals surface area contributed by atoms with Crippen LogP contribution in [0.3, 0.4) is 0 Å². The van der Waals surface area contributed by atoms with Gasteiger partial charge in [-0.15, -0.1) is 11.3 Å². The molecule has 0 aliphatic heterocycles. The van der Waals surface area contributed by atoms with E-state index in [4.69, 9.17) is 8.94 Å². The minimum Gasteiger partial charge on any atom is -0.467 e. The molecule has 0 fully saturated rings. The molecule has 0 saturated heterocycles. The van der Waals surface area contributed by atoms with Crippen molar-refractivity contribution < 1.29 is 13.7 Å². The van der Waals surface area contributed by atoms with Gasteiger partial charge >= 0.3 is 0 Å². The Bertz CT molecular complexity index is 995. The first-order valence-electron chi connectivity index (χ1n) is 8.98. The number of rotatable bonds is 8. The van der Waals surface area contributed by atoms with Gasteiger partial charge in [0.15, 0.2) is 0 Å². The van der Waals surface area contributed by atoms with Gasteiger partial charge in [-0.3, -0.25) is 4.79 Å². The Labute approximate surface area is 166 Å². The van der Waals surface area contributed by atoms with Gasteiger partial charge in [0.05, 0.1) is 17.7 Å². The molecule has 6 nitrogen and oxygen atoms in total. The van der Waals surface area contributed by atoms with E-state index in [9.17, 15) is 4.79 Å². The fourth-order valence-corrected chi connectivity index (χ4v) is 3.51. The topological polar surface area (TPSA) is 72.4 Å². The average Bonchev–Trinajstić information content (AvgIpc) is 3.48. The Hall–Kier alpha value is -3.19. The number of aryl methyl sites for hydroxylation is 1. The van der Waals surface area contributed by atoms with Crippen molar-refractivity contribution in [3.8, 4) is 10.7 Å². The summed E-state index contributed by atoms with van der Waals surface area (Å²) in [4.78, 5) is 20.0. The van der Waals surface area contributed by atoms with E-state index in [0.717, 1.165) is 16.2 Å². The summed E-state index contributed by atoms with van der Waals surface area (Å²) in [6.45, 7) is 0.940. The molecule has 0 saturated carbocycles. The highest BCUT2D eigenvalue weighted by atomic mass is 32.1. The Morgan fingerprint density at radius 3 is 2.68 bits per heavy atom. The van der Waals surface area contributed by atoms with Crippen LogP contribution < -0.4 is 0 Å². The molecule has 4 rings (SSSR count). The van der Waals surface area contributed by atoms with Crippen LogP contribution in [0.4, 0.5) is 0 Å². The van der Waals surface area contributed by atoms with E-state index in [1.165, 1.54) is 0 Å². The molecule has 28 heavy (non-hydrogen) atoms. The maximum Gasteiger partial charge on any atom is 0.227 e. The highest BCUT2D eigenvalue weighted by Gasteiger charge is 2.18. The van der Waals surface area contributed by atoms with Gasteiger partial charge in [0.25, 0.3) is 0 Å². The summed E-state index contributed by atoms with van der Waals surface area (Å²) in [6.07, 6.45) is 2.31. The number of nitrogens with zero attached hydrogens (tertiary/aromatic N) is 3. The number of thiophene rings is 1. The van der Waals surface area contributed by atoms with Gasteiger partial charge in [-0.1, -0.05) is 41.6 Å². The first kappa shape index (κ1) is 18.2. The van der Waals surface area contributed by atoms with Crippen LogP contribution in [0.25, 0.3) is 10.7 Å². The Morgan fingerprint density at radius 1 is 1.04 bits per heavy atom. The van der Waals surface area contributed by atoms with Crippen molar-refractivity contribution in [2.75, 3.05) is 0 Å². The van der Waals surface area contributed by atoms with E-state index in [-0.39, 0.29) is 5.91 Å². The lowest BCUT2D eigenvalue weighted by Crippen LogP contribution is -2.30. The van der Waals surface area contributed by atoms with Crippen LogP contribution >= 0.6 is 11.3 Å². The summed E-state index contributed by atoms with van der Waals surface area (Å²) in [5.74, 6) is 1.79. The number of furan rings is 1. The third-order valence-corrected chi connectivity index (χ3v) is 5.12. The number of carbonyl (C=O) groups is 1. The monoisotopic (exact) mass is 393 g/mol. The lowest BCUT2D eigenvalue weighted by molar-refractivity contribution is -0.132. The summed E-state index contributed by atoms with van der Waals surface area (Å²) in [6, 6.07) is 17.5. The molecule has 0 bridgehead atoms. The molecule has 142 valence electrons. The third kappa shape index (κ3) is 4.55. The zero-order valence-corrected chi connectivity index (χ0v) is 16.0. The molecule has 0 spiro atoms. The van der Waals surface area contributed by atoms with E-state index < -0.39 is 0 Å². The van der Waals surface area contributed by atoms with Crippen molar-refractivity contribution in [2.24, 2.45) is 0 Å². The summed E-state index contributed by atoms with van der Waals surface area (Å²) in [7, 11) is 0. The first-order valence-corrected chi connectivity index (χ1v) is 9.86. The second-order valence-electron chi connectivity index (χ2n) is 6.30. The van der Waals surface area contributed by atoms with Crippen molar-refractivity contribution in [3.63, 3.8) is 0 Å². The van der Waals surface area contributed by atoms with Crippen molar-refractivity contribution in [1.29, 1.82) is 0 Å². The maximum atomic E-state index is 12.9. The van der Waals surface area contributed by atoms with Gasteiger partial charge in [0.2, 0.25) is 17.6 Å². The number of benzene rings is 1. The lowest BCUT2D eigenvalue weighted by atomic mass is 10.2. The van der Waals surface area contributed by atoms with E-state index in [1.807, 2.05) is 60.0 Å². The van der Waals surface area contributed by atoms with E-state index in [2.05, 4.69) is 10.1 Å². The van der Waals surface area contributed by atoms with Crippen LogP contribution in [0.5, 0.6) is 0 Å². The van der Waals surface area contributed by atoms with Crippen LogP contribution in [0, 0.1) is 0 Å². The second kappa shape index (κ2) is 8.67. The Kier molecular flexibility index (Phi) is 5.63. The van der Waals surface area contributed by atoms with Crippen molar-refractivity contribution in [2.45, 2.75) is 25.9 Å². The van der Waals surface area contributed by atoms with Gasteiger partial charge in [0, 0.05) is 19.4 Å². The molecular formula is C21H19N3O3S. The minimum atomic E-state index is 0.0103. The molecule has 0 radical (unpaired) electrons. The molecule has 3 heterocycles. The highest BCUT2D eigenvalue weighted by Crippen LogP contribution is 2.21. The summed E-state index contributed by atoms with van der Waals surface area (Å²) in [5.41, 5.74) is 1.07. The number of hydrogen-bond acceptors (Lipinski definition) is 6. The lowest BCUT2D eigenvalue weighted by Gasteiger charge is -2.21. The molecule has 0 aliphatic rings. The first-order chi connectivity index (χ1) is 13.8. The van der Waals surface area contributed by atoms with Crippen LogP contribution in [0.1, 0.15) is 23.6 Å². The fourth-order valence-electron chi connectivity index (χ4n) is 2.86. The Morgan fingerprint density at radius 2 is 1.93 bits per heavy atom.